The first-order chi connectivity index (χ1) is 9.59. The van der Waals surface area contributed by atoms with Crippen LogP contribution in [0.5, 0.6) is 0 Å². The monoisotopic (exact) mass is 288 g/mol. The van der Waals surface area contributed by atoms with E-state index in [1.807, 2.05) is 6.07 Å². The van der Waals surface area contributed by atoms with Gasteiger partial charge in [0.15, 0.2) is 0 Å². The Morgan fingerprint density at radius 1 is 1.20 bits per heavy atom. The zero-order valence-electron chi connectivity index (χ0n) is 10.5. The zero-order valence-corrected chi connectivity index (χ0v) is 11.3. The Hall–Kier alpha value is -2.30. The van der Waals surface area contributed by atoms with Crippen LogP contribution in [0.1, 0.15) is 16.8 Å². The molecule has 20 heavy (non-hydrogen) atoms. The molecule has 6 nitrogen and oxygen atoms in total. The number of benzene rings is 1. The molecule has 0 radical (unpaired) electrons. The standard InChI is InChI=1S/C13H12N4O2S/c14-8-11-3-5-12(6-4-11)10-20(18,19)16-9-13-2-1-7-15-17-13/h1-7,16H,9-10H2. The molecule has 0 spiro atoms. The number of hydrogen-bond donors (Lipinski definition) is 1. The second-order valence-electron chi connectivity index (χ2n) is 4.10. The molecule has 2 aromatic rings. The third-order valence-electron chi connectivity index (χ3n) is 2.54. The fourth-order valence-corrected chi connectivity index (χ4v) is 2.66. The Morgan fingerprint density at radius 2 is 1.95 bits per heavy atom. The number of sulfonamides is 1. The Bertz CT molecular complexity index is 706. The Balaban J connectivity index is 1.98. The SMILES string of the molecule is N#Cc1ccc(CS(=O)(=O)NCc2cccnn2)cc1. The van der Waals surface area contributed by atoms with E-state index in [2.05, 4.69) is 14.9 Å². The van der Waals surface area contributed by atoms with Gasteiger partial charge in [-0.2, -0.15) is 15.5 Å². The molecule has 0 fully saturated rings. The van der Waals surface area contributed by atoms with Gasteiger partial charge in [0.2, 0.25) is 10.0 Å². The molecule has 2 rings (SSSR count). The third-order valence-corrected chi connectivity index (χ3v) is 3.84. The van der Waals surface area contributed by atoms with Gasteiger partial charge in [0, 0.05) is 6.20 Å². The van der Waals surface area contributed by atoms with E-state index in [0.717, 1.165) is 0 Å². The highest BCUT2D eigenvalue weighted by Gasteiger charge is 2.11. The van der Waals surface area contributed by atoms with Crippen LogP contribution in [0.2, 0.25) is 0 Å². The lowest BCUT2D eigenvalue weighted by molar-refractivity contribution is 0.579. The highest BCUT2D eigenvalue weighted by Crippen LogP contribution is 2.07. The predicted octanol–water partition coefficient (Wildman–Crippen LogP) is 0.968. The van der Waals surface area contributed by atoms with Crippen molar-refractivity contribution in [3.63, 3.8) is 0 Å². The first-order valence-electron chi connectivity index (χ1n) is 5.82. The second kappa shape index (κ2) is 6.23. The molecule has 0 atom stereocenters. The van der Waals surface area contributed by atoms with E-state index in [0.29, 0.717) is 16.8 Å². The minimum atomic E-state index is -3.45. The summed E-state index contributed by atoms with van der Waals surface area (Å²) in [5.41, 5.74) is 1.67. The van der Waals surface area contributed by atoms with Crippen molar-refractivity contribution in [3.05, 3.63) is 59.4 Å². The van der Waals surface area contributed by atoms with E-state index >= 15 is 0 Å². The van der Waals surface area contributed by atoms with Gasteiger partial charge < -0.3 is 0 Å². The van der Waals surface area contributed by atoms with E-state index in [1.54, 1.807) is 36.4 Å². The minimum Gasteiger partial charge on any atom is -0.212 e. The molecule has 0 unspecified atom stereocenters. The first-order valence-corrected chi connectivity index (χ1v) is 7.47. The molecule has 1 aromatic heterocycles. The number of hydrogen-bond acceptors (Lipinski definition) is 5. The molecule has 102 valence electrons. The lowest BCUT2D eigenvalue weighted by atomic mass is 10.2. The highest BCUT2D eigenvalue weighted by atomic mass is 32.2. The van der Waals surface area contributed by atoms with Gasteiger partial charge in [-0.15, -0.1) is 0 Å². The van der Waals surface area contributed by atoms with Gasteiger partial charge in [0.05, 0.1) is 29.6 Å². The van der Waals surface area contributed by atoms with Crippen molar-refractivity contribution in [2.75, 3.05) is 0 Å². The molecule has 0 saturated heterocycles. The molecular weight excluding hydrogens is 276 g/mol. The van der Waals surface area contributed by atoms with Gasteiger partial charge in [0.25, 0.3) is 0 Å². The summed E-state index contributed by atoms with van der Waals surface area (Å²) in [4.78, 5) is 0. The lowest BCUT2D eigenvalue weighted by Crippen LogP contribution is -2.25. The number of nitriles is 1. The smallest absolute Gasteiger partial charge is 0.212 e. The molecule has 1 N–H and O–H groups in total. The van der Waals surface area contributed by atoms with Gasteiger partial charge in [-0.25, -0.2) is 13.1 Å². The Labute approximate surface area is 117 Å². The highest BCUT2D eigenvalue weighted by molar-refractivity contribution is 7.88. The average molecular weight is 288 g/mol. The number of nitrogens with zero attached hydrogens (tertiary/aromatic N) is 3. The fraction of sp³-hybridized carbons (Fsp3) is 0.154. The summed E-state index contributed by atoms with van der Waals surface area (Å²) in [7, 11) is -3.45. The molecule has 0 amide bonds. The fourth-order valence-electron chi connectivity index (χ4n) is 1.56. The number of nitrogens with one attached hydrogen (secondary N) is 1. The van der Waals surface area contributed by atoms with Crippen LogP contribution in [-0.2, 0) is 22.3 Å². The molecule has 0 aliphatic carbocycles. The van der Waals surface area contributed by atoms with Crippen LogP contribution in [0.4, 0.5) is 0 Å². The zero-order chi connectivity index (χ0) is 14.4. The van der Waals surface area contributed by atoms with E-state index in [1.165, 1.54) is 6.20 Å². The normalized spacial score (nSPS) is 10.9. The Kier molecular flexibility index (Phi) is 4.40. The summed E-state index contributed by atoms with van der Waals surface area (Å²) in [6, 6.07) is 11.8. The summed E-state index contributed by atoms with van der Waals surface area (Å²) < 4.78 is 26.3. The van der Waals surface area contributed by atoms with E-state index < -0.39 is 10.0 Å². The second-order valence-corrected chi connectivity index (χ2v) is 5.91. The van der Waals surface area contributed by atoms with Crippen LogP contribution in [0, 0.1) is 11.3 Å². The molecule has 1 heterocycles. The van der Waals surface area contributed by atoms with E-state index in [4.69, 9.17) is 5.26 Å². The Morgan fingerprint density at radius 3 is 2.55 bits per heavy atom. The molecule has 0 bridgehead atoms. The van der Waals surface area contributed by atoms with Crippen LogP contribution < -0.4 is 4.72 Å². The van der Waals surface area contributed by atoms with Crippen LogP contribution >= 0.6 is 0 Å². The maximum Gasteiger partial charge on any atom is 0.216 e. The maximum atomic E-state index is 11.9. The predicted molar refractivity (Wildman–Crippen MR) is 72.7 cm³/mol. The molecular formula is C13H12N4O2S. The van der Waals surface area contributed by atoms with Crippen molar-refractivity contribution in [2.45, 2.75) is 12.3 Å². The van der Waals surface area contributed by atoms with Crippen molar-refractivity contribution in [1.82, 2.24) is 14.9 Å². The van der Waals surface area contributed by atoms with Gasteiger partial charge in [-0.05, 0) is 29.8 Å². The molecule has 7 heteroatoms. The van der Waals surface area contributed by atoms with Gasteiger partial charge >= 0.3 is 0 Å². The van der Waals surface area contributed by atoms with Crippen LogP contribution in [-0.4, -0.2) is 18.6 Å². The van der Waals surface area contributed by atoms with Crippen molar-refractivity contribution in [2.24, 2.45) is 0 Å². The van der Waals surface area contributed by atoms with Gasteiger partial charge in [-0.1, -0.05) is 12.1 Å². The summed E-state index contributed by atoms with van der Waals surface area (Å²) in [6.07, 6.45) is 1.52. The van der Waals surface area contributed by atoms with Crippen molar-refractivity contribution in [1.29, 1.82) is 5.26 Å². The lowest BCUT2D eigenvalue weighted by Gasteiger charge is -2.06. The van der Waals surface area contributed by atoms with E-state index in [-0.39, 0.29) is 12.3 Å². The van der Waals surface area contributed by atoms with Crippen molar-refractivity contribution < 1.29 is 8.42 Å². The molecule has 1 aromatic carbocycles. The summed E-state index contributed by atoms with van der Waals surface area (Å²) >= 11 is 0. The van der Waals surface area contributed by atoms with E-state index in [9.17, 15) is 8.42 Å². The maximum absolute atomic E-state index is 11.9. The van der Waals surface area contributed by atoms with Gasteiger partial charge in [-0.3, -0.25) is 0 Å². The van der Waals surface area contributed by atoms with Crippen molar-refractivity contribution >= 4 is 10.0 Å². The third kappa shape index (κ3) is 4.12. The quantitative estimate of drug-likeness (QED) is 0.884. The molecule has 0 aliphatic rings. The first kappa shape index (κ1) is 14.1. The molecule has 0 aliphatic heterocycles. The average Bonchev–Trinajstić information content (AvgIpc) is 2.47. The number of aromatic nitrogens is 2. The minimum absolute atomic E-state index is 0.104. The van der Waals surface area contributed by atoms with Crippen LogP contribution in [0.15, 0.2) is 42.6 Å². The van der Waals surface area contributed by atoms with Gasteiger partial charge in [0.1, 0.15) is 0 Å². The van der Waals surface area contributed by atoms with Crippen LogP contribution in [0.3, 0.4) is 0 Å². The largest absolute Gasteiger partial charge is 0.216 e. The summed E-state index contributed by atoms with van der Waals surface area (Å²) in [6.45, 7) is 0.104. The summed E-state index contributed by atoms with van der Waals surface area (Å²) in [5.74, 6) is -0.140. The van der Waals surface area contributed by atoms with Crippen LogP contribution in [0.25, 0.3) is 0 Å². The van der Waals surface area contributed by atoms with Crippen molar-refractivity contribution in [3.8, 4) is 6.07 Å². The summed E-state index contributed by atoms with van der Waals surface area (Å²) in [5, 5.41) is 16.1. The molecule has 0 saturated carbocycles. The number of rotatable bonds is 5. The topological polar surface area (TPSA) is 95.7 Å².